The quantitative estimate of drug-likeness (QED) is 0.681. The molecule has 1 aliphatic heterocycles. The molecule has 1 heterocycles. The van der Waals surface area contributed by atoms with Gasteiger partial charge in [-0.05, 0) is 54.2 Å². The van der Waals surface area contributed by atoms with Crippen molar-refractivity contribution < 1.29 is 4.74 Å². The minimum Gasteiger partial charge on any atom is -0.485 e. The molecule has 2 atom stereocenters. The van der Waals surface area contributed by atoms with Crippen LogP contribution in [0.2, 0.25) is 5.02 Å². The van der Waals surface area contributed by atoms with Crippen LogP contribution in [0.15, 0.2) is 42.5 Å². The summed E-state index contributed by atoms with van der Waals surface area (Å²) in [5.74, 6) is 1.65. The second-order valence-corrected chi connectivity index (χ2v) is 5.93. The molecule has 19 heavy (non-hydrogen) atoms. The standard InChI is InChI=1S/C17H15ClO/c18-14-7-8-15-11(10-14)5-6-13-9-12-3-1-2-4-16(12)19-17(13)15/h1-4,7-8,10,13,17H,5-6,9H2/t13-,17+/m1/s1. The van der Waals surface area contributed by atoms with Crippen molar-refractivity contribution in [3.05, 3.63) is 64.2 Å². The van der Waals surface area contributed by atoms with E-state index >= 15 is 0 Å². The summed E-state index contributed by atoms with van der Waals surface area (Å²) in [6, 6.07) is 14.6. The first kappa shape index (κ1) is 11.4. The highest BCUT2D eigenvalue weighted by molar-refractivity contribution is 6.30. The molecular formula is C17H15ClO. The lowest BCUT2D eigenvalue weighted by Gasteiger charge is -2.38. The van der Waals surface area contributed by atoms with Crippen molar-refractivity contribution in [3.63, 3.8) is 0 Å². The predicted molar refractivity (Wildman–Crippen MR) is 76.8 cm³/mol. The largest absolute Gasteiger partial charge is 0.485 e. The predicted octanol–water partition coefficient (Wildman–Crippen LogP) is 4.58. The first-order valence-electron chi connectivity index (χ1n) is 6.84. The molecule has 1 aliphatic carbocycles. The highest BCUT2D eigenvalue weighted by Crippen LogP contribution is 2.44. The van der Waals surface area contributed by atoms with Crippen LogP contribution in [-0.2, 0) is 12.8 Å². The number of hydrogen-bond acceptors (Lipinski definition) is 1. The summed E-state index contributed by atoms with van der Waals surface area (Å²) in [4.78, 5) is 0. The number of halogens is 1. The van der Waals surface area contributed by atoms with E-state index in [2.05, 4.69) is 30.3 Å². The summed E-state index contributed by atoms with van der Waals surface area (Å²) in [6.07, 6.45) is 3.63. The van der Waals surface area contributed by atoms with Gasteiger partial charge in [0, 0.05) is 10.9 Å². The van der Waals surface area contributed by atoms with Gasteiger partial charge in [-0.15, -0.1) is 0 Å². The van der Waals surface area contributed by atoms with E-state index in [4.69, 9.17) is 16.3 Å². The van der Waals surface area contributed by atoms with Crippen LogP contribution in [0.1, 0.15) is 29.2 Å². The van der Waals surface area contributed by atoms with Crippen molar-refractivity contribution in [2.75, 3.05) is 0 Å². The molecule has 0 bridgehead atoms. The molecule has 1 nitrogen and oxygen atoms in total. The molecule has 0 N–H and O–H groups in total. The van der Waals surface area contributed by atoms with Gasteiger partial charge in [0.15, 0.2) is 0 Å². The number of ether oxygens (including phenoxy) is 1. The zero-order valence-electron chi connectivity index (χ0n) is 10.6. The summed E-state index contributed by atoms with van der Waals surface area (Å²) < 4.78 is 6.26. The summed E-state index contributed by atoms with van der Waals surface area (Å²) in [7, 11) is 0. The Bertz CT molecular complexity index is 635. The third kappa shape index (κ3) is 1.84. The van der Waals surface area contributed by atoms with Gasteiger partial charge in [0.25, 0.3) is 0 Å². The van der Waals surface area contributed by atoms with E-state index in [1.165, 1.54) is 23.1 Å². The smallest absolute Gasteiger partial charge is 0.127 e. The number of aryl methyl sites for hydroxylation is 1. The average molecular weight is 271 g/mol. The fraction of sp³-hybridized carbons (Fsp3) is 0.294. The molecule has 2 heteroatoms. The fourth-order valence-corrected chi connectivity index (χ4v) is 3.58. The SMILES string of the molecule is Clc1ccc2c(c1)CC[C@@H]1Cc3ccccc3O[C@H]21. The number of rotatable bonds is 0. The Hall–Kier alpha value is -1.47. The maximum absolute atomic E-state index is 6.26. The van der Waals surface area contributed by atoms with E-state index in [9.17, 15) is 0 Å². The van der Waals surface area contributed by atoms with Gasteiger partial charge in [-0.1, -0.05) is 35.9 Å². The van der Waals surface area contributed by atoms with Crippen molar-refractivity contribution in [1.29, 1.82) is 0 Å². The van der Waals surface area contributed by atoms with Crippen LogP contribution < -0.4 is 4.74 Å². The van der Waals surface area contributed by atoms with E-state index in [1.807, 2.05) is 12.1 Å². The van der Waals surface area contributed by atoms with Gasteiger partial charge in [-0.25, -0.2) is 0 Å². The number of hydrogen-bond donors (Lipinski definition) is 0. The molecule has 2 aromatic carbocycles. The third-order valence-electron chi connectivity index (χ3n) is 4.33. The monoisotopic (exact) mass is 270 g/mol. The third-order valence-corrected chi connectivity index (χ3v) is 4.57. The summed E-state index contributed by atoms with van der Waals surface area (Å²) in [5, 5.41) is 0.827. The maximum Gasteiger partial charge on any atom is 0.127 e. The van der Waals surface area contributed by atoms with Crippen LogP contribution in [0.5, 0.6) is 5.75 Å². The molecule has 0 saturated carbocycles. The minimum atomic E-state index is 0.205. The average Bonchev–Trinajstić information content (AvgIpc) is 2.44. The van der Waals surface area contributed by atoms with Gasteiger partial charge < -0.3 is 4.74 Å². The zero-order chi connectivity index (χ0) is 12.8. The second-order valence-electron chi connectivity index (χ2n) is 5.49. The van der Waals surface area contributed by atoms with Crippen LogP contribution in [0.3, 0.4) is 0 Å². The highest BCUT2D eigenvalue weighted by Gasteiger charge is 2.35. The van der Waals surface area contributed by atoms with Gasteiger partial charge >= 0.3 is 0 Å². The van der Waals surface area contributed by atoms with Crippen molar-refractivity contribution in [2.45, 2.75) is 25.4 Å². The van der Waals surface area contributed by atoms with Crippen LogP contribution in [0.25, 0.3) is 0 Å². The summed E-state index contributed by atoms with van der Waals surface area (Å²) in [5.41, 5.74) is 4.03. The topological polar surface area (TPSA) is 9.23 Å². The zero-order valence-corrected chi connectivity index (χ0v) is 11.4. The van der Waals surface area contributed by atoms with Gasteiger partial charge in [0.2, 0.25) is 0 Å². The van der Waals surface area contributed by atoms with E-state index in [0.717, 1.165) is 23.6 Å². The lowest BCUT2D eigenvalue weighted by atomic mass is 9.77. The van der Waals surface area contributed by atoms with E-state index < -0.39 is 0 Å². The molecule has 96 valence electrons. The lowest BCUT2D eigenvalue weighted by molar-refractivity contribution is 0.0987. The first-order chi connectivity index (χ1) is 9.31. The molecule has 4 rings (SSSR count). The van der Waals surface area contributed by atoms with E-state index in [1.54, 1.807) is 0 Å². The molecule has 2 aromatic rings. The number of fused-ring (bicyclic) bond motifs is 4. The Morgan fingerprint density at radius 3 is 2.89 bits per heavy atom. The Labute approximate surface area is 118 Å². The Morgan fingerprint density at radius 1 is 1.05 bits per heavy atom. The number of benzene rings is 2. The normalized spacial score (nSPS) is 23.8. The van der Waals surface area contributed by atoms with Gasteiger partial charge in [-0.3, -0.25) is 0 Å². The van der Waals surface area contributed by atoms with Crippen LogP contribution in [0.4, 0.5) is 0 Å². The van der Waals surface area contributed by atoms with E-state index in [-0.39, 0.29) is 6.10 Å². The van der Waals surface area contributed by atoms with Crippen molar-refractivity contribution in [1.82, 2.24) is 0 Å². The fourth-order valence-electron chi connectivity index (χ4n) is 3.39. The van der Waals surface area contributed by atoms with Crippen LogP contribution in [0, 0.1) is 5.92 Å². The second kappa shape index (κ2) is 4.28. The maximum atomic E-state index is 6.26. The molecule has 2 aliphatic rings. The van der Waals surface area contributed by atoms with Crippen LogP contribution >= 0.6 is 11.6 Å². The van der Waals surface area contributed by atoms with Crippen LogP contribution in [-0.4, -0.2) is 0 Å². The van der Waals surface area contributed by atoms with E-state index in [0.29, 0.717) is 5.92 Å². The summed E-state index contributed by atoms with van der Waals surface area (Å²) in [6.45, 7) is 0. The van der Waals surface area contributed by atoms with Gasteiger partial charge in [-0.2, -0.15) is 0 Å². The lowest BCUT2D eigenvalue weighted by Crippen LogP contribution is -2.30. The number of para-hydroxylation sites is 1. The van der Waals surface area contributed by atoms with Crippen molar-refractivity contribution >= 4 is 11.6 Å². The summed E-state index contributed by atoms with van der Waals surface area (Å²) >= 11 is 6.09. The molecular weight excluding hydrogens is 256 g/mol. The van der Waals surface area contributed by atoms with Crippen molar-refractivity contribution in [2.24, 2.45) is 5.92 Å². The Morgan fingerprint density at radius 2 is 1.95 bits per heavy atom. The van der Waals surface area contributed by atoms with Gasteiger partial charge in [0.05, 0.1) is 0 Å². The Kier molecular flexibility index (Phi) is 2.56. The molecule has 0 amide bonds. The molecule has 0 fully saturated rings. The molecule has 0 unspecified atom stereocenters. The molecule has 0 radical (unpaired) electrons. The Balaban J connectivity index is 1.78. The van der Waals surface area contributed by atoms with Crippen molar-refractivity contribution in [3.8, 4) is 5.75 Å². The molecule has 0 saturated heterocycles. The molecule has 0 aromatic heterocycles. The molecule has 0 spiro atoms. The highest BCUT2D eigenvalue weighted by atomic mass is 35.5. The van der Waals surface area contributed by atoms with Gasteiger partial charge in [0.1, 0.15) is 11.9 Å². The minimum absolute atomic E-state index is 0.205. The first-order valence-corrected chi connectivity index (χ1v) is 7.22.